The molecule has 0 unspecified atom stereocenters. The molecule has 0 saturated carbocycles. The number of carbonyl (C=O) groups excluding carboxylic acids is 1. The fraction of sp³-hybridized carbons (Fsp3) is 0.400. The number of hydrogen-bond donors (Lipinski definition) is 0. The molecule has 0 radical (unpaired) electrons. The first-order valence-corrected chi connectivity index (χ1v) is 2.20. The Kier molecular flexibility index (Phi) is 2.84. The van der Waals surface area contributed by atoms with Crippen LogP contribution in [0.2, 0.25) is 0 Å². The van der Waals surface area contributed by atoms with Crippen molar-refractivity contribution >= 4 is 6.16 Å². The lowest BCUT2D eigenvalue weighted by Crippen LogP contribution is -2.20. The lowest BCUT2D eigenvalue weighted by Gasteiger charge is -2.06. The first kappa shape index (κ1) is 7.14. The maximum Gasteiger partial charge on any atom is 0.400 e. The molecule has 2 nitrogen and oxygen atoms in total. The van der Waals surface area contributed by atoms with Gasteiger partial charge in [-0.1, -0.05) is 6.08 Å². The van der Waals surface area contributed by atoms with Gasteiger partial charge < -0.3 is 4.90 Å². The molecule has 0 spiro atoms. The molecule has 3 heteroatoms. The zero-order chi connectivity index (χ0) is 6.57. The van der Waals surface area contributed by atoms with Crippen molar-refractivity contribution in [3.8, 4) is 0 Å². The fourth-order valence-electron chi connectivity index (χ4n) is 0.265. The molecular formula is C5H8FNO. The smallest absolute Gasteiger partial charge is 0.314 e. The molecule has 0 heterocycles. The van der Waals surface area contributed by atoms with Crippen LogP contribution in [0, 0.1) is 0 Å². The highest BCUT2D eigenvalue weighted by Gasteiger charge is 2.00. The van der Waals surface area contributed by atoms with Gasteiger partial charge in [-0.05, 0) is 0 Å². The van der Waals surface area contributed by atoms with Crippen molar-refractivity contribution in [3.63, 3.8) is 0 Å². The molecule has 0 fully saturated rings. The summed E-state index contributed by atoms with van der Waals surface area (Å²) in [6.07, 6.45) is 0.0298. The molecule has 0 rings (SSSR count). The summed E-state index contributed by atoms with van der Waals surface area (Å²) in [4.78, 5) is 10.7. The van der Waals surface area contributed by atoms with E-state index in [4.69, 9.17) is 0 Å². The second-order valence-electron chi connectivity index (χ2n) is 1.42. The Morgan fingerprint density at radius 3 is 2.62 bits per heavy atom. The lowest BCUT2D eigenvalue weighted by atomic mass is 10.6. The Bertz CT molecular complexity index is 103. The summed E-state index contributed by atoms with van der Waals surface area (Å²) in [7, 11) is 1.37. The van der Waals surface area contributed by atoms with Crippen LogP contribution >= 0.6 is 0 Å². The van der Waals surface area contributed by atoms with Gasteiger partial charge in [0, 0.05) is 13.6 Å². The summed E-state index contributed by atoms with van der Waals surface area (Å²) >= 11 is 0. The van der Waals surface area contributed by atoms with E-state index in [0.29, 0.717) is 0 Å². The van der Waals surface area contributed by atoms with Crippen LogP contribution in [-0.2, 0) is 0 Å². The summed E-state index contributed by atoms with van der Waals surface area (Å²) in [5, 5.41) is 0. The van der Waals surface area contributed by atoms with Gasteiger partial charge in [-0.2, -0.15) is 0 Å². The minimum absolute atomic E-state index is 0.259. The van der Waals surface area contributed by atoms with E-state index in [9.17, 15) is 9.18 Å². The molecule has 0 bridgehead atoms. The van der Waals surface area contributed by atoms with Gasteiger partial charge in [-0.3, -0.25) is 0 Å². The van der Waals surface area contributed by atoms with E-state index in [2.05, 4.69) is 6.58 Å². The van der Waals surface area contributed by atoms with Crippen LogP contribution in [0.4, 0.5) is 9.18 Å². The van der Waals surface area contributed by atoms with E-state index in [1.54, 1.807) is 0 Å². The number of amides is 1. The van der Waals surface area contributed by atoms with Crippen molar-refractivity contribution in [1.29, 1.82) is 0 Å². The quantitative estimate of drug-likeness (QED) is 0.302. The molecule has 0 aliphatic heterocycles. The summed E-state index contributed by atoms with van der Waals surface area (Å²) < 4.78 is 11.5. The van der Waals surface area contributed by atoms with Crippen LogP contribution < -0.4 is 0 Å². The number of rotatable bonds is 2. The van der Waals surface area contributed by atoms with E-state index in [0.717, 1.165) is 4.90 Å². The van der Waals surface area contributed by atoms with Crippen LogP contribution in [0.25, 0.3) is 0 Å². The summed E-state index contributed by atoms with van der Waals surface area (Å²) in [5.41, 5.74) is 0. The highest BCUT2D eigenvalue weighted by atomic mass is 19.1. The zero-order valence-corrected chi connectivity index (χ0v) is 4.72. The van der Waals surface area contributed by atoms with Crippen LogP contribution in [0.1, 0.15) is 0 Å². The van der Waals surface area contributed by atoms with Gasteiger partial charge in [0.15, 0.2) is 0 Å². The second-order valence-corrected chi connectivity index (χ2v) is 1.42. The number of hydrogen-bond acceptors (Lipinski definition) is 1. The molecule has 0 aromatic heterocycles. The van der Waals surface area contributed by atoms with Crippen molar-refractivity contribution in [2.24, 2.45) is 0 Å². The van der Waals surface area contributed by atoms with Crippen molar-refractivity contribution in [1.82, 2.24) is 4.90 Å². The van der Waals surface area contributed by atoms with E-state index in [-0.39, 0.29) is 6.54 Å². The van der Waals surface area contributed by atoms with Crippen LogP contribution in [0.5, 0.6) is 0 Å². The predicted molar refractivity (Wildman–Crippen MR) is 29.3 cm³/mol. The minimum Gasteiger partial charge on any atom is -0.314 e. The van der Waals surface area contributed by atoms with Gasteiger partial charge in [-0.15, -0.1) is 11.0 Å². The Balaban J connectivity index is 3.46. The topological polar surface area (TPSA) is 20.3 Å². The second kappa shape index (κ2) is 3.18. The van der Waals surface area contributed by atoms with E-state index in [1.165, 1.54) is 13.1 Å². The molecule has 0 aliphatic rings. The van der Waals surface area contributed by atoms with E-state index < -0.39 is 6.16 Å². The van der Waals surface area contributed by atoms with Gasteiger partial charge in [0.1, 0.15) is 0 Å². The zero-order valence-electron chi connectivity index (χ0n) is 4.72. The fourth-order valence-corrected chi connectivity index (χ4v) is 0.265. The molecule has 46 valence electrons. The van der Waals surface area contributed by atoms with E-state index in [1.807, 2.05) is 0 Å². The molecule has 8 heavy (non-hydrogen) atoms. The molecule has 0 aromatic carbocycles. The number of likely N-dealkylation sites (N-methyl/N-ethyl adjacent to an activating group) is 1. The molecular weight excluding hydrogens is 109 g/mol. The maximum absolute atomic E-state index is 11.5. The summed E-state index contributed by atoms with van der Waals surface area (Å²) in [5.74, 6) is 0. The Hall–Kier alpha value is -0.860. The van der Waals surface area contributed by atoms with Gasteiger partial charge in [0.05, 0.1) is 0 Å². The highest BCUT2D eigenvalue weighted by Crippen LogP contribution is 1.86. The largest absolute Gasteiger partial charge is 0.400 e. The Morgan fingerprint density at radius 1 is 2.00 bits per heavy atom. The molecule has 0 aromatic rings. The number of halogens is 1. The molecule has 0 N–H and O–H groups in total. The third kappa shape index (κ3) is 2.34. The number of nitrogens with zero attached hydrogens (tertiary/aromatic N) is 1. The summed E-state index contributed by atoms with van der Waals surface area (Å²) in [6.45, 7) is 3.58. The van der Waals surface area contributed by atoms with Gasteiger partial charge >= 0.3 is 6.16 Å². The van der Waals surface area contributed by atoms with Gasteiger partial charge in [0.2, 0.25) is 0 Å². The first-order valence-electron chi connectivity index (χ1n) is 2.20. The van der Waals surface area contributed by atoms with Gasteiger partial charge in [-0.25, -0.2) is 4.79 Å². The third-order valence-corrected chi connectivity index (χ3v) is 0.703. The first-order chi connectivity index (χ1) is 3.68. The summed E-state index contributed by atoms with van der Waals surface area (Å²) in [6, 6.07) is 0. The Labute approximate surface area is 47.6 Å². The number of carbonyl (C=O) groups is 1. The standard InChI is InChI=1S/C5H8FNO/c1-3-4-7(2)5(6)8/h3H,1,4H2,2H3. The SMILES string of the molecule is C=CCN(C)C(=O)F. The van der Waals surface area contributed by atoms with Gasteiger partial charge in [0.25, 0.3) is 0 Å². The molecule has 0 aliphatic carbocycles. The third-order valence-electron chi connectivity index (χ3n) is 0.703. The monoisotopic (exact) mass is 117 g/mol. The van der Waals surface area contributed by atoms with Crippen molar-refractivity contribution in [2.75, 3.05) is 13.6 Å². The van der Waals surface area contributed by atoms with Crippen molar-refractivity contribution < 1.29 is 9.18 Å². The highest BCUT2D eigenvalue weighted by molar-refractivity contribution is 5.65. The predicted octanol–water partition coefficient (Wildman–Crippen LogP) is 1.19. The minimum atomic E-state index is -1.43. The molecule has 0 atom stereocenters. The average Bonchev–Trinajstić information content (AvgIpc) is 1.67. The van der Waals surface area contributed by atoms with E-state index >= 15 is 0 Å². The van der Waals surface area contributed by atoms with Crippen LogP contribution in [0.15, 0.2) is 12.7 Å². The Morgan fingerprint density at radius 2 is 2.50 bits per heavy atom. The maximum atomic E-state index is 11.5. The van der Waals surface area contributed by atoms with Crippen molar-refractivity contribution in [3.05, 3.63) is 12.7 Å². The van der Waals surface area contributed by atoms with Crippen molar-refractivity contribution in [2.45, 2.75) is 0 Å². The molecule has 0 saturated heterocycles. The lowest BCUT2D eigenvalue weighted by molar-refractivity contribution is 0.190. The van der Waals surface area contributed by atoms with Crippen LogP contribution in [0.3, 0.4) is 0 Å². The normalized spacial score (nSPS) is 8.25. The average molecular weight is 117 g/mol. The van der Waals surface area contributed by atoms with Crippen LogP contribution in [-0.4, -0.2) is 24.7 Å². The molecule has 1 amide bonds.